The van der Waals surface area contributed by atoms with Gasteiger partial charge in [-0.2, -0.15) is 0 Å². The molecule has 0 atom stereocenters. The van der Waals surface area contributed by atoms with Crippen molar-refractivity contribution in [3.63, 3.8) is 0 Å². The molecule has 0 saturated heterocycles. The van der Waals surface area contributed by atoms with Crippen molar-refractivity contribution in [2.75, 3.05) is 11.9 Å². The number of amides is 2. The zero-order chi connectivity index (χ0) is 19.7. The first-order valence-corrected chi connectivity index (χ1v) is 10.3. The normalized spacial score (nSPS) is 10.8. The Bertz CT molecular complexity index is 738. The minimum Gasteiger partial charge on any atom is -0.345 e. The van der Waals surface area contributed by atoms with Gasteiger partial charge < -0.3 is 16.4 Å². The van der Waals surface area contributed by atoms with Crippen LogP contribution >= 0.6 is 23.7 Å². The van der Waals surface area contributed by atoms with Crippen molar-refractivity contribution in [2.45, 2.75) is 51.5 Å². The van der Waals surface area contributed by atoms with Crippen LogP contribution in [0.4, 0.5) is 5.69 Å². The van der Waals surface area contributed by atoms with E-state index in [1.165, 1.54) is 4.88 Å². The standard InChI is InChI=1S/C21H29N3O2S.ClH/c1-3-21(4-2,15-22)24-20(26)16-8-5-9-17(14-16)23-19(25)12-6-10-18-11-7-13-27-18;/h5,7-9,11,13-14H,3-4,6,10,12,15,22H2,1-2H3,(H,23,25)(H,24,26);1H. The Morgan fingerprint density at radius 2 is 1.89 bits per heavy atom. The molecule has 1 heterocycles. The third-order valence-corrected chi connectivity index (χ3v) is 5.87. The summed E-state index contributed by atoms with van der Waals surface area (Å²) < 4.78 is 0. The molecule has 0 radical (unpaired) electrons. The summed E-state index contributed by atoms with van der Waals surface area (Å²) in [7, 11) is 0. The van der Waals surface area contributed by atoms with Crippen molar-refractivity contribution in [1.82, 2.24) is 5.32 Å². The first-order valence-electron chi connectivity index (χ1n) is 9.47. The fourth-order valence-corrected chi connectivity index (χ4v) is 3.67. The molecule has 0 bridgehead atoms. The lowest BCUT2D eigenvalue weighted by Crippen LogP contribution is -2.52. The number of halogens is 1. The first kappa shape index (κ1) is 24.1. The number of thiophene rings is 1. The van der Waals surface area contributed by atoms with E-state index in [1.807, 2.05) is 25.3 Å². The van der Waals surface area contributed by atoms with Crippen molar-refractivity contribution in [1.29, 1.82) is 0 Å². The monoisotopic (exact) mass is 423 g/mol. The molecule has 28 heavy (non-hydrogen) atoms. The molecule has 0 aliphatic heterocycles. The summed E-state index contributed by atoms with van der Waals surface area (Å²) in [5, 5.41) is 7.98. The van der Waals surface area contributed by atoms with E-state index >= 15 is 0 Å². The van der Waals surface area contributed by atoms with Gasteiger partial charge in [0.25, 0.3) is 5.91 Å². The minimum absolute atomic E-state index is 0. The molecule has 1 aromatic carbocycles. The minimum atomic E-state index is -0.391. The van der Waals surface area contributed by atoms with Crippen LogP contribution in [-0.4, -0.2) is 23.9 Å². The Labute approximate surface area is 177 Å². The highest BCUT2D eigenvalue weighted by Crippen LogP contribution is 2.17. The Morgan fingerprint density at radius 1 is 1.14 bits per heavy atom. The lowest BCUT2D eigenvalue weighted by molar-refractivity contribution is -0.116. The number of hydrogen-bond donors (Lipinski definition) is 3. The Balaban J connectivity index is 0.00000392. The van der Waals surface area contributed by atoms with Crippen molar-refractivity contribution >= 4 is 41.2 Å². The van der Waals surface area contributed by atoms with E-state index in [-0.39, 0.29) is 24.2 Å². The van der Waals surface area contributed by atoms with Gasteiger partial charge in [0.1, 0.15) is 0 Å². The summed E-state index contributed by atoms with van der Waals surface area (Å²) in [6.07, 6.45) is 3.70. The molecule has 7 heteroatoms. The third-order valence-electron chi connectivity index (χ3n) is 4.94. The summed E-state index contributed by atoms with van der Waals surface area (Å²) in [6, 6.07) is 11.1. The molecule has 0 aliphatic rings. The van der Waals surface area contributed by atoms with Gasteiger partial charge in [-0.3, -0.25) is 9.59 Å². The van der Waals surface area contributed by atoms with E-state index in [2.05, 4.69) is 16.7 Å². The lowest BCUT2D eigenvalue weighted by Gasteiger charge is -2.31. The predicted molar refractivity (Wildman–Crippen MR) is 119 cm³/mol. The lowest BCUT2D eigenvalue weighted by atomic mass is 9.92. The maximum Gasteiger partial charge on any atom is 0.251 e. The van der Waals surface area contributed by atoms with Crippen LogP contribution < -0.4 is 16.4 Å². The Kier molecular flexibility index (Phi) is 10.2. The van der Waals surface area contributed by atoms with Crippen molar-refractivity contribution in [3.05, 3.63) is 52.2 Å². The van der Waals surface area contributed by atoms with E-state index in [1.54, 1.807) is 35.6 Å². The van der Waals surface area contributed by atoms with E-state index < -0.39 is 5.54 Å². The smallest absolute Gasteiger partial charge is 0.251 e. The van der Waals surface area contributed by atoms with Crippen LogP contribution in [0.3, 0.4) is 0 Å². The van der Waals surface area contributed by atoms with Crippen LogP contribution in [0.1, 0.15) is 54.8 Å². The van der Waals surface area contributed by atoms with Crippen molar-refractivity contribution in [2.24, 2.45) is 5.73 Å². The number of aryl methyl sites for hydroxylation is 1. The SMILES string of the molecule is CCC(CC)(CN)NC(=O)c1cccc(NC(=O)CCCc2cccs2)c1.Cl. The Morgan fingerprint density at radius 3 is 2.50 bits per heavy atom. The topological polar surface area (TPSA) is 84.2 Å². The van der Waals surface area contributed by atoms with Crippen LogP contribution in [0, 0.1) is 0 Å². The molecule has 0 spiro atoms. The molecule has 154 valence electrons. The second-order valence-electron chi connectivity index (χ2n) is 6.71. The second kappa shape index (κ2) is 11.8. The fourth-order valence-electron chi connectivity index (χ4n) is 2.92. The van der Waals surface area contributed by atoms with Crippen molar-refractivity contribution < 1.29 is 9.59 Å². The highest BCUT2D eigenvalue weighted by Gasteiger charge is 2.26. The highest BCUT2D eigenvalue weighted by molar-refractivity contribution is 7.09. The molecule has 1 aromatic heterocycles. The predicted octanol–water partition coefficient (Wildman–Crippen LogP) is 4.38. The van der Waals surface area contributed by atoms with Gasteiger partial charge in [0, 0.05) is 29.1 Å². The summed E-state index contributed by atoms with van der Waals surface area (Å²) in [5.41, 5.74) is 6.62. The molecule has 5 nitrogen and oxygen atoms in total. The molecular formula is C21H30ClN3O2S. The molecule has 0 unspecified atom stereocenters. The van der Waals surface area contributed by atoms with Gasteiger partial charge in [0.05, 0.1) is 5.54 Å². The van der Waals surface area contributed by atoms with Crippen LogP contribution in [-0.2, 0) is 11.2 Å². The Hall–Kier alpha value is -1.89. The number of hydrogen-bond acceptors (Lipinski definition) is 4. The second-order valence-corrected chi connectivity index (χ2v) is 7.74. The van der Waals surface area contributed by atoms with Gasteiger partial charge in [-0.15, -0.1) is 23.7 Å². The number of nitrogens with two attached hydrogens (primary N) is 1. The molecular weight excluding hydrogens is 394 g/mol. The summed E-state index contributed by atoms with van der Waals surface area (Å²) in [5.74, 6) is -0.208. The fraction of sp³-hybridized carbons (Fsp3) is 0.429. The molecule has 0 aliphatic carbocycles. The van der Waals surface area contributed by atoms with Gasteiger partial charge >= 0.3 is 0 Å². The van der Waals surface area contributed by atoms with Gasteiger partial charge in [0.2, 0.25) is 5.91 Å². The number of anilines is 1. The zero-order valence-corrected chi connectivity index (χ0v) is 18.1. The van der Waals surface area contributed by atoms with E-state index in [0.29, 0.717) is 24.2 Å². The first-order chi connectivity index (χ1) is 13.0. The number of nitrogens with one attached hydrogen (secondary N) is 2. The maximum atomic E-state index is 12.6. The number of rotatable bonds is 10. The summed E-state index contributed by atoms with van der Waals surface area (Å²) in [6.45, 7) is 4.43. The molecule has 2 amide bonds. The van der Waals surface area contributed by atoms with Crippen LogP contribution in [0.25, 0.3) is 0 Å². The van der Waals surface area contributed by atoms with E-state index in [0.717, 1.165) is 25.7 Å². The molecule has 4 N–H and O–H groups in total. The number of benzene rings is 1. The zero-order valence-electron chi connectivity index (χ0n) is 16.5. The largest absolute Gasteiger partial charge is 0.345 e. The van der Waals surface area contributed by atoms with Crippen LogP contribution in [0.5, 0.6) is 0 Å². The van der Waals surface area contributed by atoms with Gasteiger partial charge in [-0.25, -0.2) is 0 Å². The van der Waals surface area contributed by atoms with Gasteiger partial charge in [0.15, 0.2) is 0 Å². The summed E-state index contributed by atoms with van der Waals surface area (Å²) >= 11 is 1.71. The molecule has 2 rings (SSSR count). The van der Waals surface area contributed by atoms with Crippen molar-refractivity contribution in [3.8, 4) is 0 Å². The maximum absolute atomic E-state index is 12.6. The average molecular weight is 424 g/mol. The van der Waals surface area contributed by atoms with Crippen LogP contribution in [0.15, 0.2) is 41.8 Å². The molecule has 0 saturated carbocycles. The number of carbonyl (C=O) groups is 2. The quantitative estimate of drug-likeness (QED) is 0.530. The molecule has 0 fully saturated rings. The summed E-state index contributed by atoms with van der Waals surface area (Å²) in [4.78, 5) is 26.1. The third kappa shape index (κ3) is 6.93. The van der Waals surface area contributed by atoms with Gasteiger partial charge in [-0.05, 0) is 55.3 Å². The van der Waals surface area contributed by atoms with Gasteiger partial charge in [-0.1, -0.05) is 26.0 Å². The van der Waals surface area contributed by atoms with E-state index in [9.17, 15) is 9.59 Å². The highest BCUT2D eigenvalue weighted by atomic mass is 35.5. The average Bonchev–Trinajstić information content (AvgIpc) is 3.20. The number of carbonyl (C=O) groups excluding carboxylic acids is 2. The molecule has 2 aromatic rings. The van der Waals surface area contributed by atoms with E-state index in [4.69, 9.17) is 5.73 Å². The van der Waals surface area contributed by atoms with Crippen LogP contribution in [0.2, 0.25) is 0 Å².